The molecule has 28 heavy (non-hydrogen) atoms. The Bertz CT molecular complexity index is 820. The molecule has 6 nitrogen and oxygen atoms in total. The van der Waals surface area contributed by atoms with Crippen LogP contribution in [0.25, 0.3) is 5.69 Å². The Hall–Kier alpha value is -1.89. The van der Waals surface area contributed by atoms with E-state index in [0.29, 0.717) is 22.9 Å². The van der Waals surface area contributed by atoms with Crippen molar-refractivity contribution < 1.29 is 9.53 Å². The van der Waals surface area contributed by atoms with E-state index in [2.05, 4.69) is 49.3 Å². The predicted octanol–water partition coefficient (Wildman–Crippen LogP) is 4.38. The Morgan fingerprint density at radius 3 is 2.82 bits per heavy atom. The van der Waals surface area contributed by atoms with Crippen LogP contribution in [-0.2, 0) is 9.53 Å². The summed E-state index contributed by atoms with van der Waals surface area (Å²) in [4.78, 5) is 12.5. The molecule has 3 rings (SSSR count). The molecular weight excluding hydrogens is 372 g/mol. The number of hydrogen-bond donors (Lipinski definition) is 0. The van der Waals surface area contributed by atoms with Gasteiger partial charge in [-0.2, -0.15) is 4.68 Å². The van der Waals surface area contributed by atoms with Crippen LogP contribution in [0.2, 0.25) is 0 Å². The third-order valence-corrected chi connectivity index (χ3v) is 6.48. The van der Waals surface area contributed by atoms with E-state index in [-0.39, 0.29) is 17.8 Å². The summed E-state index contributed by atoms with van der Waals surface area (Å²) in [5.74, 6) is 1.60. The van der Waals surface area contributed by atoms with Crippen molar-refractivity contribution in [2.24, 2.45) is 17.8 Å². The first-order valence-electron chi connectivity index (χ1n) is 10.0. The van der Waals surface area contributed by atoms with E-state index in [1.165, 1.54) is 23.7 Å². The van der Waals surface area contributed by atoms with Crippen LogP contribution in [0.3, 0.4) is 0 Å². The molecule has 0 spiro atoms. The summed E-state index contributed by atoms with van der Waals surface area (Å²) in [5.41, 5.74) is 3.20. The number of tetrazole rings is 1. The van der Waals surface area contributed by atoms with E-state index in [4.69, 9.17) is 4.74 Å². The molecule has 1 aliphatic rings. The summed E-state index contributed by atoms with van der Waals surface area (Å²) in [5, 5.41) is 12.6. The van der Waals surface area contributed by atoms with Gasteiger partial charge in [-0.3, -0.25) is 4.79 Å². The number of benzene rings is 1. The summed E-state index contributed by atoms with van der Waals surface area (Å²) in [6, 6.07) is 6.12. The lowest BCUT2D eigenvalue weighted by Gasteiger charge is -2.36. The van der Waals surface area contributed by atoms with Gasteiger partial charge in [0.15, 0.2) is 0 Å². The number of aryl methyl sites for hydroxylation is 2. The van der Waals surface area contributed by atoms with Crippen LogP contribution in [0.5, 0.6) is 0 Å². The Morgan fingerprint density at radius 1 is 1.32 bits per heavy atom. The zero-order valence-corrected chi connectivity index (χ0v) is 18.2. The molecule has 3 atom stereocenters. The van der Waals surface area contributed by atoms with Gasteiger partial charge in [0.2, 0.25) is 5.16 Å². The SMILES string of the molecule is Cc1ccc(-n2nnnc2SCC(=O)O[C@H]2C[C@@H](C)CC[C@@H]2C(C)C)c(C)c1. The molecule has 0 N–H and O–H groups in total. The van der Waals surface area contributed by atoms with Crippen molar-refractivity contribution in [3.8, 4) is 5.69 Å². The van der Waals surface area contributed by atoms with Gasteiger partial charge in [-0.1, -0.05) is 56.7 Å². The van der Waals surface area contributed by atoms with Gasteiger partial charge in [-0.25, -0.2) is 0 Å². The monoisotopic (exact) mass is 402 g/mol. The lowest BCUT2D eigenvalue weighted by Crippen LogP contribution is -2.36. The highest BCUT2D eigenvalue weighted by atomic mass is 32.2. The van der Waals surface area contributed by atoms with Gasteiger partial charge < -0.3 is 4.74 Å². The van der Waals surface area contributed by atoms with E-state index in [9.17, 15) is 4.79 Å². The highest BCUT2D eigenvalue weighted by Gasteiger charge is 2.33. The summed E-state index contributed by atoms with van der Waals surface area (Å²) in [6.45, 7) is 10.8. The van der Waals surface area contributed by atoms with Crippen LogP contribution < -0.4 is 0 Å². The Labute approximate surface area is 171 Å². The molecule has 0 bridgehead atoms. The summed E-state index contributed by atoms with van der Waals surface area (Å²) < 4.78 is 7.57. The van der Waals surface area contributed by atoms with Crippen LogP contribution >= 0.6 is 11.8 Å². The highest BCUT2D eigenvalue weighted by Crippen LogP contribution is 2.35. The molecule has 0 radical (unpaired) electrons. The van der Waals surface area contributed by atoms with Gasteiger partial charge in [0.25, 0.3) is 0 Å². The molecular formula is C21H30N4O2S. The van der Waals surface area contributed by atoms with Gasteiger partial charge in [0.1, 0.15) is 6.10 Å². The first-order chi connectivity index (χ1) is 13.3. The molecule has 1 fully saturated rings. The molecule has 0 aliphatic heterocycles. The average Bonchev–Trinajstić information content (AvgIpc) is 3.08. The largest absolute Gasteiger partial charge is 0.461 e. The third kappa shape index (κ3) is 4.93. The van der Waals surface area contributed by atoms with Crippen molar-refractivity contribution in [3.63, 3.8) is 0 Å². The molecule has 7 heteroatoms. The number of nitrogens with zero attached hydrogens (tertiary/aromatic N) is 4. The standard InChI is InChI=1S/C21H30N4O2S/c1-13(2)17-8-6-15(4)11-19(17)27-20(26)12-28-21-22-23-24-25(21)18-9-7-14(3)10-16(18)5/h7,9-10,13,15,17,19H,6,8,11-12H2,1-5H3/t15-,17+,19-/m0/s1. The lowest BCUT2D eigenvalue weighted by atomic mass is 9.75. The van der Waals surface area contributed by atoms with Crippen LogP contribution in [-0.4, -0.2) is 38.0 Å². The maximum Gasteiger partial charge on any atom is 0.316 e. The maximum absolute atomic E-state index is 12.5. The summed E-state index contributed by atoms with van der Waals surface area (Å²) in [7, 11) is 0. The minimum absolute atomic E-state index is 0.0205. The molecule has 152 valence electrons. The fraction of sp³-hybridized carbons (Fsp3) is 0.619. The normalized spacial score (nSPS) is 22.4. The van der Waals surface area contributed by atoms with Gasteiger partial charge in [0.05, 0.1) is 11.4 Å². The van der Waals surface area contributed by atoms with E-state index >= 15 is 0 Å². The minimum atomic E-state index is -0.190. The number of hydrogen-bond acceptors (Lipinski definition) is 6. The van der Waals surface area contributed by atoms with E-state index in [0.717, 1.165) is 24.1 Å². The van der Waals surface area contributed by atoms with E-state index in [1.54, 1.807) is 4.68 Å². The second kappa shape index (κ2) is 9.07. The molecule has 0 amide bonds. The van der Waals surface area contributed by atoms with Gasteiger partial charge >= 0.3 is 5.97 Å². The molecule has 1 aliphatic carbocycles. The molecule has 2 aromatic rings. The second-order valence-corrected chi connectivity index (χ2v) is 9.25. The highest BCUT2D eigenvalue weighted by molar-refractivity contribution is 7.99. The number of carbonyl (C=O) groups excluding carboxylic acids is 1. The van der Waals surface area contributed by atoms with Crippen molar-refractivity contribution in [2.45, 2.75) is 65.1 Å². The molecule has 0 unspecified atom stereocenters. The zero-order valence-electron chi connectivity index (χ0n) is 17.4. The Morgan fingerprint density at radius 2 is 2.11 bits per heavy atom. The van der Waals surface area contributed by atoms with Crippen LogP contribution in [0, 0.1) is 31.6 Å². The topological polar surface area (TPSA) is 69.9 Å². The van der Waals surface area contributed by atoms with Crippen molar-refractivity contribution in [3.05, 3.63) is 29.3 Å². The van der Waals surface area contributed by atoms with Crippen molar-refractivity contribution in [2.75, 3.05) is 5.75 Å². The number of rotatable bonds is 6. The number of thioether (sulfide) groups is 1. The lowest BCUT2D eigenvalue weighted by molar-refractivity contribution is -0.152. The van der Waals surface area contributed by atoms with Crippen LogP contribution in [0.15, 0.2) is 23.4 Å². The fourth-order valence-corrected chi connectivity index (χ4v) is 4.71. The first-order valence-corrected chi connectivity index (χ1v) is 11.0. The number of ether oxygens (including phenoxy) is 1. The van der Waals surface area contributed by atoms with Crippen LogP contribution in [0.4, 0.5) is 0 Å². The average molecular weight is 403 g/mol. The van der Waals surface area contributed by atoms with Crippen molar-refractivity contribution >= 4 is 17.7 Å². The third-order valence-electron chi connectivity index (χ3n) is 5.58. The van der Waals surface area contributed by atoms with Crippen molar-refractivity contribution in [1.82, 2.24) is 20.2 Å². The molecule has 1 heterocycles. The Kier molecular flexibility index (Phi) is 6.75. The molecule has 1 aromatic carbocycles. The van der Waals surface area contributed by atoms with Crippen LogP contribution in [0.1, 0.15) is 51.2 Å². The van der Waals surface area contributed by atoms with E-state index < -0.39 is 0 Å². The van der Waals surface area contributed by atoms with Gasteiger partial charge in [-0.15, -0.1) is 5.10 Å². The molecule has 1 saturated carbocycles. The summed E-state index contributed by atoms with van der Waals surface area (Å²) >= 11 is 1.32. The zero-order chi connectivity index (χ0) is 20.3. The quantitative estimate of drug-likeness (QED) is 0.528. The Balaban J connectivity index is 1.63. The number of esters is 1. The molecule has 1 aromatic heterocycles. The smallest absolute Gasteiger partial charge is 0.316 e. The first kappa shape index (κ1) is 20.8. The minimum Gasteiger partial charge on any atom is -0.461 e. The molecule has 0 saturated heterocycles. The summed E-state index contributed by atoms with van der Waals surface area (Å²) in [6.07, 6.45) is 3.33. The fourth-order valence-electron chi connectivity index (χ4n) is 4.04. The van der Waals surface area contributed by atoms with E-state index in [1.807, 2.05) is 19.1 Å². The number of aromatic nitrogens is 4. The van der Waals surface area contributed by atoms with Gasteiger partial charge in [0, 0.05) is 0 Å². The second-order valence-electron chi connectivity index (χ2n) is 8.31. The predicted molar refractivity (Wildman–Crippen MR) is 111 cm³/mol. The van der Waals surface area contributed by atoms with Gasteiger partial charge in [-0.05, 0) is 66.5 Å². The number of carbonyl (C=O) groups is 1. The van der Waals surface area contributed by atoms with Crippen molar-refractivity contribution in [1.29, 1.82) is 0 Å². The maximum atomic E-state index is 12.5.